The number of benzene rings is 1. The standard InChI is InChI=1S/C15H24N2O2/c1-13(2)19-15-5-3-14(4-6-15)18-12-11-17-9-7-16-8-10-17/h3-6,13,16H,7-12H2,1-2H3. The Balaban J connectivity index is 1.70. The second-order valence-corrected chi connectivity index (χ2v) is 5.08. The minimum atomic E-state index is 0.208. The van der Waals surface area contributed by atoms with Crippen LogP contribution in [0, 0.1) is 0 Å². The lowest BCUT2D eigenvalue weighted by atomic mass is 10.3. The molecular weight excluding hydrogens is 240 g/mol. The van der Waals surface area contributed by atoms with Crippen molar-refractivity contribution >= 4 is 0 Å². The van der Waals surface area contributed by atoms with Gasteiger partial charge >= 0.3 is 0 Å². The molecule has 4 heteroatoms. The summed E-state index contributed by atoms with van der Waals surface area (Å²) in [5.74, 6) is 1.80. The van der Waals surface area contributed by atoms with Crippen LogP contribution in [0.2, 0.25) is 0 Å². The highest BCUT2D eigenvalue weighted by molar-refractivity contribution is 5.31. The predicted molar refractivity (Wildman–Crippen MR) is 77.0 cm³/mol. The zero-order valence-corrected chi connectivity index (χ0v) is 11.9. The van der Waals surface area contributed by atoms with Crippen LogP contribution in [-0.4, -0.2) is 50.3 Å². The van der Waals surface area contributed by atoms with Gasteiger partial charge < -0.3 is 14.8 Å². The summed E-state index contributed by atoms with van der Waals surface area (Å²) in [6.45, 7) is 10.2. The van der Waals surface area contributed by atoms with Crippen molar-refractivity contribution in [2.24, 2.45) is 0 Å². The molecule has 0 unspecified atom stereocenters. The van der Waals surface area contributed by atoms with Gasteiger partial charge in [-0.15, -0.1) is 0 Å². The van der Waals surface area contributed by atoms with E-state index >= 15 is 0 Å². The Labute approximate surface area is 115 Å². The highest BCUT2D eigenvalue weighted by Crippen LogP contribution is 2.18. The average molecular weight is 264 g/mol. The third-order valence-electron chi connectivity index (χ3n) is 3.08. The lowest BCUT2D eigenvalue weighted by Gasteiger charge is -2.26. The van der Waals surface area contributed by atoms with Crippen LogP contribution < -0.4 is 14.8 Å². The van der Waals surface area contributed by atoms with E-state index in [4.69, 9.17) is 9.47 Å². The molecule has 0 radical (unpaired) electrons. The van der Waals surface area contributed by atoms with Crippen LogP contribution in [0.5, 0.6) is 11.5 Å². The molecule has 1 N–H and O–H groups in total. The molecule has 1 heterocycles. The van der Waals surface area contributed by atoms with E-state index in [0.29, 0.717) is 0 Å². The SMILES string of the molecule is CC(C)Oc1ccc(OCCN2CCNCC2)cc1. The van der Waals surface area contributed by atoms with Crippen molar-refractivity contribution < 1.29 is 9.47 Å². The molecule has 1 aliphatic rings. The van der Waals surface area contributed by atoms with Gasteiger partial charge in [0, 0.05) is 32.7 Å². The van der Waals surface area contributed by atoms with Gasteiger partial charge in [0.25, 0.3) is 0 Å². The van der Waals surface area contributed by atoms with Gasteiger partial charge in [-0.05, 0) is 38.1 Å². The van der Waals surface area contributed by atoms with Crippen molar-refractivity contribution in [1.29, 1.82) is 0 Å². The van der Waals surface area contributed by atoms with Crippen LogP contribution in [0.25, 0.3) is 0 Å². The Morgan fingerprint density at radius 1 is 1.11 bits per heavy atom. The zero-order chi connectivity index (χ0) is 13.5. The summed E-state index contributed by atoms with van der Waals surface area (Å²) in [6.07, 6.45) is 0.208. The number of nitrogens with one attached hydrogen (secondary N) is 1. The molecule has 0 aromatic heterocycles. The van der Waals surface area contributed by atoms with E-state index in [0.717, 1.165) is 50.8 Å². The molecule has 1 aliphatic heterocycles. The van der Waals surface area contributed by atoms with Crippen LogP contribution in [0.4, 0.5) is 0 Å². The Morgan fingerprint density at radius 2 is 1.74 bits per heavy atom. The third kappa shape index (κ3) is 5.09. The molecule has 1 saturated heterocycles. The van der Waals surface area contributed by atoms with Gasteiger partial charge in [-0.25, -0.2) is 0 Å². The summed E-state index contributed by atoms with van der Waals surface area (Å²) in [7, 11) is 0. The second-order valence-electron chi connectivity index (χ2n) is 5.08. The van der Waals surface area contributed by atoms with Crippen molar-refractivity contribution in [3.63, 3.8) is 0 Å². The van der Waals surface area contributed by atoms with Crippen LogP contribution in [-0.2, 0) is 0 Å². The summed E-state index contributed by atoms with van der Waals surface area (Å²) < 4.78 is 11.3. The zero-order valence-electron chi connectivity index (χ0n) is 11.9. The number of hydrogen-bond acceptors (Lipinski definition) is 4. The summed E-state index contributed by atoms with van der Waals surface area (Å²) in [5.41, 5.74) is 0. The van der Waals surface area contributed by atoms with Gasteiger partial charge in [0.05, 0.1) is 6.10 Å². The van der Waals surface area contributed by atoms with Crippen molar-refractivity contribution in [2.75, 3.05) is 39.3 Å². The van der Waals surface area contributed by atoms with Gasteiger partial charge in [-0.1, -0.05) is 0 Å². The third-order valence-corrected chi connectivity index (χ3v) is 3.08. The Kier molecular flexibility index (Phi) is 5.48. The number of rotatable bonds is 6. The van der Waals surface area contributed by atoms with Crippen LogP contribution >= 0.6 is 0 Å². The Morgan fingerprint density at radius 3 is 2.37 bits per heavy atom. The Hall–Kier alpha value is -1.26. The second kappa shape index (κ2) is 7.36. The highest BCUT2D eigenvalue weighted by Gasteiger charge is 2.08. The molecule has 0 saturated carbocycles. The first kappa shape index (κ1) is 14.2. The average Bonchev–Trinajstić information content (AvgIpc) is 2.41. The first-order valence-corrected chi connectivity index (χ1v) is 7.06. The maximum absolute atomic E-state index is 5.75. The normalized spacial score (nSPS) is 16.6. The smallest absolute Gasteiger partial charge is 0.119 e. The minimum absolute atomic E-state index is 0.208. The molecule has 19 heavy (non-hydrogen) atoms. The lowest BCUT2D eigenvalue weighted by Crippen LogP contribution is -2.44. The summed E-state index contributed by atoms with van der Waals surface area (Å²) >= 11 is 0. The fourth-order valence-corrected chi connectivity index (χ4v) is 2.11. The molecule has 106 valence electrons. The van der Waals surface area contributed by atoms with E-state index in [9.17, 15) is 0 Å². The van der Waals surface area contributed by atoms with Crippen molar-refractivity contribution in [1.82, 2.24) is 10.2 Å². The summed E-state index contributed by atoms with van der Waals surface area (Å²) in [5, 5.41) is 3.35. The van der Waals surface area contributed by atoms with Gasteiger partial charge in [0.1, 0.15) is 18.1 Å². The molecule has 4 nitrogen and oxygen atoms in total. The van der Waals surface area contributed by atoms with Crippen molar-refractivity contribution in [2.45, 2.75) is 20.0 Å². The maximum atomic E-state index is 5.75. The summed E-state index contributed by atoms with van der Waals surface area (Å²) in [6, 6.07) is 7.85. The fraction of sp³-hybridized carbons (Fsp3) is 0.600. The first-order valence-electron chi connectivity index (χ1n) is 7.06. The molecule has 0 atom stereocenters. The first-order chi connectivity index (χ1) is 9.24. The lowest BCUT2D eigenvalue weighted by molar-refractivity contribution is 0.191. The molecule has 0 bridgehead atoms. The number of nitrogens with zero attached hydrogens (tertiary/aromatic N) is 1. The fourth-order valence-electron chi connectivity index (χ4n) is 2.11. The molecule has 0 aliphatic carbocycles. The van der Waals surface area contributed by atoms with Crippen molar-refractivity contribution in [3.8, 4) is 11.5 Å². The molecule has 1 aromatic rings. The highest BCUT2D eigenvalue weighted by atomic mass is 16.5. The van der Waals surface area contributed by atoms with Crippen molar-refractivity contribution in [3.05, 3.63) is 24.3 Å². The van der Waals surface area contributed by atoms with E-state index in [1.807, 2.05) is 38.1 Å². The number of ether oxygens (including phenoxy) is 2. The maximum Gasteiger partial charge on any atom is 0.119 e. The molecule has 0 spiro atoms. The van der Waals surface area contributed by atoms with Gasteiger partial charge in [0.15, 0.2) is 0 Å². The van der Waals surface area contributed by atoms with Crippen LogP contribution in [0.3, 0.4) is 0 Å². The topological polar surface area (TPSA) is 33.7 Å². The number of hydrogen-bond donors (Lipinski definition) is 1. The predicted octanol–water partition coefficient (Wildman–Crippen LogP) is 1.76. The minimum Gasteiger partial charge on any atom is -0.492 e. The van der Waals surface area contributed by atoms with Gasteiger partial charge in [0.2, 0.25) is 0 Å². The van der Waals surface area contributed by atoms with Gasteiger partial charge in [-0.3, -0.25) is 4.90 Å². The largest absolute Gasteiger partial charge is 0.492 e. The Bertz CT molecular complexity index is 359. The van der Waals surface area contributed by atoms with E-state index in [-0.39, 0.29) is 6.10 Å². The quantitative estimate of drug-likeness (QED) is 0.849. The van der Waals surface area contributed by atoms with Crippen LogP contribution in [0.15, 0.2) is 24.3 Å². The molecule has 1 fully saturated rings. The molecule has 0 amide bonds. The van der Waals surface area contributed by atoms with E-state index in [1.165, 1.54) is 0 Å². The monoisotopic (exact) mass is 264 g/mol. The molecule has 1 aromatic carbocycles. The molecular formula is C15H24N2O2. The molecule has 2 rings (SSSR count). The van der Waals surface area contributed by atoms with E-state index < -0.39 is 0 Å². The van der Waals surface area contributed by atoms with Gasteiger partial charge in [-0.2, -0.15) is 0 Å². The van der Waals surface area contributed by atoms with E-state index in [2.05, 4.69) is 10.2 Å². The number of piperazine rings is 1. The van der Waals surface area contributed by atoms with E-state index in [1.54, 1.807) is 0 Å². The van der Waals surface area contributed by atoms with Crippen LogP contribution in [0.1, 0.15) is 13.8 Å². The summed E-state index contributed by atoms with van der Waals surface area (Å²) in [4.78, 5) is 2.42.